The van der Waals surface area contributed by atoms with Gasteiger partial charge in [0.1, 0.15) is 0 Å². The molecule has 3 nitrogen and oxygen atoms in total. The summed E-state index contributed by atoms with van der Waals surface area (Å²) in [5.74, 6) is 0. The average molecular weight is 163 g/mol. The minimum absolute atomic E-state index is 0.312. The molecule has 0 aliphatic carbocycles. The van der Waals surface area contributed by atoms with Crippen molar-refractivity contribution in [3.8, 4) is 0 Å². The lowest BCUT2D eigenvalue weighted by atomic mass is 10.3. The summed E-state index contributed by atoms with van der Waals surface area (Å²) < 4.78 is 0. The zero-order valence-corrected chi connectivity index (χ0v) is 7.20. The van der Waals surface area contributed by atoms with Gasteiger partial charge in [0.05, 0.1) is 5.69 Å². The number of rotatable bonds is 4. The molecule has 64 valence electrons. The van der Waals surface area contributed by atoms with E-state index in [0.717, 1.165) is 12.2 Å². The van der Waals surface area contributed by atoms with Crippen molar-refractivity contribution >= 4 is 0 Å². The third-order valence-corrected chi connectivity index (χ3v) is 1.58. The fourth-order valence-electron chi connectivity index (χ4n) is 0.770. The van der Waals surface area contributed by atoms with E-state index in [1.807, 2.05) is 13.0 Å². The van der Waals surface area contributed by atoms with Crippen LogP contribution in [0.15, 0.2) is 31.2 Å². The number of nitrogens with zero attached hydrogens (tertiary/aromatic N) is 2. The van der Waals surface area contributed by atoms with Crippen molar-refractivity contribution in [1.82, 2.24) is 15.3 Å². The molecule has 1 unspecified atom stereocenters. The molecule has 0 aliphatic heterocycles. The summed E-state index contributed by atoms with van der Waals surface area (Å²) in [6.07, 6.45) is 6.97. The van der Waals surface area contributed by atoms with Crippen LogP contribution < -0.4 is 5.32 Å². The Labute approximate surface area is 72.6 Å². The van der Waals surface area contributed by atoms with E-state index in [1.165, 1.54) is 0 Å². The van der Waals surface area contributed by atoms with Crippen LogP contribution in [0.4, 0.5) is 0 Å². The summed E-state index contributed by atoms with van der Waals surface area (Å²) in [4.78, 5) is 8.09. The molecule has 0 amide bonds. The van der Waals surface area contributed by atoms with Gasteiger partial charge in [0.15, 0.2) is 0 Å². The Hall–Kier alpha value is -1.22. The number of hydrogen-bond acceptors (Lipinski definition) is 3. The van der Waals surface area contributed by atoms with Crippen LogP contribution in [-0.2, 0) is 6.54 Å². The van der Waals surface area contributed by atoms with Gasteiger partial charge in [0.2, 0.25) is 0 Å². The Morgan fingerprint density at radius 3 is 3.08 bits per heavy atom. The van der Waals surface area contributed by atoms with Crippen LogP contribution in [0.3, 0.4) is 0 Å². The van der Waals surface area contributed by atoms with Gasteiger partial charge in [-0.15, -0.1) is 6.58 Å². The lowest BCUT2D eigenvalue weighted by molar-refractivity contribution is 0.623. The first kappa shape index (κ1) is 8.87. The Morgan fingerprint density at radius 2 is 2.50 bits per heavy atom. The van der Waals surface area contributed by atoms with Crippen LogP contribution in [-0.4, -0.2) is 16.0 Å². The highest BCUT2D eigenvalue weighted by Crippen LogP contribution is 1.90. The van der Waals surface area contributed by atoms with Crippen LogP contribution in [0, 0.1) is 0 Å². The Balaban J connectivity index is 2.38. The maximum atomic E-state index is 4.13. The lowest BCUT2D eigenvalue weighted by Crippen LogP contribution is -2.23. The van der Waals surface area contributed by atoms with Crippen molar-refractivity contribution in [2.24, 2.45) is 0 Å². The quantitative estimate of drug-likeness (QED) is 0.676. The van der Waals surface area contributed by atoms with Crippen LogP contribution in [0.25, 0.3) is 0 Å². The molecule has 0 radical (unpaired) electrons. The molecule has 1 aromatic heterocycles. The second-order valence-electron chi connectivity index (χ2n) is 2.60. The van der Waals surface area contributed by atoms with E-state index >= 15 is 0 Å². The molecule has 0 fully saturated rings. The van der Waals surface area contributed by atoms with Crippen LogP contribution in [0.2, 0.25) is 0 Å². The summed E-state index contributed by atoms with van der Waals surface area (Å²) in [5, 5.41) is 3.23. The molecule has 1 N–H and O–H groups in total. The predicted octanol–water partition coefficient (Wildman–Crippen LogP) is 1.14. The van der Waals surface area contributed by atoms with Gasteiger partial charge in [-0.1, -0.05) is 6.08 Å². The van der Waals surface area contributed by atoms with E-state index in [0.29, 0.717) is 6.04 Å². The van der Waals surface area contributed by atoms with Crippen LogP contribution >= 0.6 is 0 Å². The molecule has 1 aromatic rings. The summed E-state index contributed by atoms with van der Waals surface area (Å²) in [5.41, 5.74) is 0.950. The van der Waals surface area contributed by atoms with E-state index in [9.17, 15) is 0 Å². The minimum atomic E-state index is 0.312. The topological polar surface area (TPSA) is 37.8 Å². The van der Waals surface area contributed by atoms with Crippen molar-refractivity contribution in [2.45, 2.75) is 19.5 Å². The van der Waals surface area contributed by atoms with Crippen molar-refractivity contribution < 1.29 is 0 Å². The number of nitrogens with one attached hydrogen (secondary N) is 1. The maximum Gasteiger partial charge on any atom is 0.0724 e. The third-order valence-electron chi connectivity index (χ3n) is 1.58. The van der Waals surface area contributed by atoms with Crippen molar-refractivity contribution in [1.29, 1.82) is 0 Å². The molecule has 0 saturated carbocycles. The Bertz CT molecular complexity index is 233. The first-order chi connectivity index (χ1) is 5.83. The molecule has 1 heterocycles. The molecular weight excluding hydrogens is 150 g/mol. The second-order valence-corrected chi connectivity index (χ2v) is 2.60. The summed E-state index contributed by atoms with van der Waals surface area (Å²) in [7, 11) is 0. The van der Waals surface area contributed by atoms with E-state index in [2.05, 4.69) is 21.9 Å². The fraction of sp³-hybridized carbons (Fsp3) is 0.333. The fourth-order valence-corrected chi connectivity index (χ4v) is 0.770. The van der Waals surface area contributed by atoms with Gasteiger partial charge in [-0.05, 0) is 6.92 Å². The molecule has 1 atom stereocenters. The molecule has 0 saturated heterocycles. The largest absolute Gasteiger partial charge is 0.305 e. The highest BCUT2D eigenvalue weighted by atomic mass is 14.9. The van der Waals surface area contributed by atoms with Crippen molar-refractivity contribution in [3.05, 3.63) is 36.9 Å². The molecule has 0 bridgehead atoms. The van der Waals surface area contributed by atoms with Gasteiger partial charge in [0.25, 0.3) is 0 Å². The van der Waals surface area contributed by atoms with E-state index in [1.54, 1.807) is 18.6 Å². The molecule has 12 heavy (non-hydrogen) atoms. The van der Waals surface area contributed by atoms with Gasteiger partial charge in [-0.2, -0.15) is 0 Å². The standard InChI is InChI=1S/C9H13N3/c1-3-8(2)12-7-9-6-10-4-5-11-9/h3-6,8,12H,1,7H2,2H3. The van der Waals surface area contributed by atoms with Crippen molar-refractivity contribution in [3.63, 3.8) is 0 Å². The number of hydrogen-bond donors (Lipinski definition) is 1. The zero-order valence-electron chi connectivity index (χ0n) is 7.20. The third kappa shape index (κ3) is 2.80. The summed E-state index contributed by atoms with van der Waals surface area (Å²) in [6.45, 7) is 6.46. The van der Waals surface area contributed by atoms with Gasteiger partial charge >= 0.3 is 0 Å². The van der Waals surface area contributed by atoms with E-state index in [4.69, 9.17) is 0 Å². The minimum Gasteiger partial charge on any atom is -0.305 e. The predicted molar refractivity (Wildman–Crippen MR) is 48.5 cm³/mol. The highest BCUT2D eigenvalue weighted by Gasteiger charge is 1.95. The van der Waals surface area contributed by atoms with E-state index in [-0.39, 0.29) is 0 Å². The first-order valence-corrected chi connectivity index (χ1v) is 3.93. The van der Waals surface area contributed by atoms with Gasteiger partial charge in [-0.3, -0.25) is 9.97 Å². The first-order valence-electron chi connectivity index (χ1n) is 3.93. The Morgan fingerprint density at radius 1 is 1.67 bits per heavy atom. The number of aromatic nitrogens is 2. The normalized spacial score (nSPS) is 12.4. The average Bonchev–Trinajstić information content (AvgIpc) is 2.16. The molecular formula is C9H13N3. The highest BCUT2D eigenvalue weighted by molar-refractivity contribution is 4.95. The lowest BCUT2D eigenvalue weighted by Gasteiger charge is -2.07. The molecule has 1 rings (SSSR count). The smallest absolute Gasteiger partial charge is 0.0724 e. The Kier molecular flexibility index (Phi) is 3.41. The van der Waals surface area contributed by atoms with Gasteiger partial charge < -0.3 is 5.32 Å². The maximum absolute atomic E-state index is 4.13. The SMILES string of the molecule is C=CC(C)NCc1cnccn1. The second kappa shape index (κ2) is 4.62. The molecule has 0 aliphatic rings. The molecule has 0 aromatic carbocycles. The van der Waals surface area contributed by atoms with Crippen molar-refractivity contribution in [2.75, 3.05) is 0 Å². The monoisotopic (exact) mass is 163 g/mol. The van der Waals surface area contributed by atoms with E-state index < -0.39 is 0 Å². The van der Waals surface area contributed by atoms with Gasteiger partial charge in [-0.25, -0.2) is 0 Å². The molecule has 0 spiro atoms. The molecule has 3 heteroatoms. The zero-order chi connectivity index (χ0) is 8.81. The summed E-state index contributed by atoms with van der Waals surface area (Å²) >= 11 is 0. The summed E-state index contributed by atoms with van der Waals surface area (Å²) in [6, 6.07) is 0.312. The van der Waals surface area contributed by atoms with Gasteiger partial charge in [0, 0.05) is 31.2 Å². The van der Waals surface area contributed by atoms with Crippen LogP contribution in [0.5, 0.6) is 0 Å². The van der Waals surface area contributed by atoms with Crippen LogP contribution in [0.1, 0.15) is 12.6 Å².